The summed E-state index contributed by atoms with van der Waals surface area (Å²) in [6, 6.07) is 9.08. The number of amides is 1. The first-order chi connectivity index (χ1) is 14.5. The number of fused-ring (bicyclic) bond motifs is 1. The molecule has 0 bridgehead atoms. The second kappa shape index (κ2) is 7.02. The van der Waals surface area contributed by atoms with E-state index in [9.17, 15) is 4.79 Å². The highest BCUT2D eigenvalue weighted by Gasteiger charge is 2.49. The summed E-state index contributed by atoms with van der Waals surface area (Å²) in [7, 11) is 0. The highest BCUT2D eigenvalue weighted by Crippen LogP contribution is 2.52. The molecule has 1 aromatic carbocycles. The molecule has 9 heteroatoms. The lowest BCUT2D eigenvalue weighted by molar-refractivity contribution is 0.0706. The van der Waals surface area contributed by atoms with Crippen molar-refractivity contribution in [2.75, 3.05) is 6.67 Å². The fourth-order valence-electron chi connectivity index (χ4n) is 4.01. The molecule has 1 fully saturated rings. The number of aliphatic imine (C=N–C) groups is 1. The van der Waals surface area contributed by atoms with Crippen molar-refractivity contribution in [2.24, 2.45) is 4.99 Å². The van der Waals surface area contributed by atoms with E-state index in [0.29, 0.717) is 12.2 Å². The summed E-state index contributed by atoms with van der Waals surface area (Å²) >= 11 is 6.17. The summed E-state index contributed by atoms with van der Waals surface area (Å²) < 4.78 is 1.58. The van der Waals surface area contributed by atoms with Crippen LogP contribution in [0.1, 0.15) is 47.2 Å². The molecule has 151 valence electrons. The molecule has 8 nitrogen and oxygen atoms in total. The molecule has 0 saturated heterocycles. The number of allylic oxidation sites excluding steroid dienone is 1. The van der Waals surface area contributed by atoms with E-state index in [0.717, 1.165) is 47.2 Å². The average molecular weight is 423 g/mol. The van der Waals surface area contributed by atoms with Crippen molar-refractivity contribution >= 4 is 29.2 Å². The van der Waals surface area contributed by atoms with E-state index in [4.69, 9.17) is 22.0 Å². The molecule has 0 atom stereocenters. The first-order valence-electron chi connectivity index (χ1n) is 9.58. The lowest BCUT2D eigenvalue weighted by atomic mass is 9.93. The van der Waals surface area contributed by atoms with Crippen molar-refractivity contribution in [1.29, 1.82) is 0 Å². The number of amidine groups is 1. The number of benzene rings is 1. The largest absolute Gasteiger partial charge is 0.288 e. The molecule has 5 rings (SSSR count). The van der Waals surface area contributed by atoms with Crippen LogP contribution < -0.4 is 10.4 Å². The van der Waals surface area contributed by atoms with Gasteiger partial charge in [0.1, 0.15) is 17.2 Å². The van der Waals surface area contributed by atoms with Gasteiger partial charge in [0.25, 0.3) is 11.7 Å². The summed E-state index contributed by atoms with van der Waals surface area (Å²) in [5.41, 5.74) is 5.45. The van der Waals surface area contributed by atoms with Gasteiger partial charge < -0.3 is 0 Å². The van der Waals surface area contributed by atoms with E-state index < -0.39 is 5.91 Å². The normalized spacial score (nSPS) is 19.6. The van der Waals surface area contributed by atoms with Crippen LogP contribution in [0, 0.1) is 0 Å². The van der Waals surface area contributed by atoms with Crippen LogP contribution in [0.3, 0.4) is 0 Å². The Balaban J connectivity index is 1.48. The minimum absolute atomic E-state index is 0.263. The third-order valence-electron chi connectivity index (χ3n) is 5.71. The van der Waals surface area contributed by atoms with Gasteiger partial charge in [-0.2, -0.15) is 4.99 Å². The molecule has 3 heterocycles. The fraction of sp³-hybridized carbons (Fsp3) is 0.238. The van der Waals surface area contributed by atoms with Gasteiger partial charge in [0, 0.05) is 35.8 Å². The molecule has 1 amide bonds. The molecule has 1 radical (unpaired) electrons. The van der Waals surface area contributed by atoms with Crippen molar-refractivity contribution in [3.8, 4) is 0 Å². The molecule has 2 aromatic rings. The zero-order chi connectivity index (χ0) is 20.9. The highest BCUT2D eigenvalue weighted by molar-refractivity contribution is 6.16. The Morgan fingerprint density at radius 1 is 1.27 bits per heavy atom. The van der Waals surface area contributed by atoms with E-state index in [2.05, 4.69) is 9.98 Å². The maximum absolute atomic E-state index is 11.6. The number of aromatic nitrogens is 2. The number of rotatable bonds is 4. The Morgan fingerprint density at radius 2 is 2.03 bits per heavy atom. The number of halogens is 1. The van der Waals surface area contributed by atoms with Gasteiger partial charge in [-0.15, -0.1) is 0 Å². The van der Waals surface area contributed by atoms with Crippen LogP contribution in [0.4, 0.5) is 0 Å². The molecule has 2 aliphatic heterocycles. The van der Waals surface area contributed by atoms with Gasteiger partial charge in [0.15, 0.2) is 0 Å². The number of nitrogens with zero attached hydrogens (tertiary/aromatic N) is 5. The number of hydroxylamine groups is 1. The van der Waals surface area contributed by atoms with Crippen LogP contribution >= 0.6 is 11.8 Å². The van der Waals surface area contributed by atoms with Gasteiger partial charge >= 0.3 is 0 Å². The minimum Gasteiger partial charge on any atom is -0.288 e. The Bertz CT molecular complexity index is 1120. The average Bonchev–Trinajstić information content (AvgIpc) is 3.51. The van der Waals surface area contributed by atoms with Gasteiger partial charge in [0.05, 0.1) is 5.41 Å². The third-order valence-corrected chi connectivity index (χ3v) is 5.93. The zero-order valence-electron chi connectivity index (χ0n) is 16.2. The number of carbonyl (C=O) groups excluding carboxylic acids is 1. The summed E-state index contributed by atoms with van der Waals surface area (Å²) in [4.78, 5) is 27.8. The second-order valence-corrected chi connectivity index (χ2v) is 7.99. The molecule has 2 N–H and O–H groups in total. The maximum Gasteiger partial charge on any atom is 0.285 e. The standard InChI is InChI=1S/C21H19ClN6O2/c1-13-18(28-12-27(22)11-7-17(28)24-13)16-6-10-23-20(25-16)21(8-9-21)15-4-2-14(3-5-15)19(29)26-30/h2-7,10-11,30H,8-9,12H2,1H3,(H,26,29)/q+1. The first-order valence-corrected chi connectivity index (χ1v) is 9.92. The summed E-state index contributed by atoms with van der Waals surface area (Å²) in [5.74, 6) is 1.06. The molecule has 0 unspecified atom stereocenters. The predicted octanol–water partition coefficient (Wildman–Crippen LogP) is 2.86. The van der Waals surface area contributed by atoms with Crippen molar-refractivity contribution in [2.45, 2.75) is 25.2 Å². The predicted molar refractivity (Wildman–Crippen MR) is 112 cm³/mol. The van der Waals surface area contributed by atoms with Crippen LogP contribution in [0.15, 0.2) is 59.5 Å². The van der Waals surface area contributed by atoms with E-state index in [1.165, 1.54) is 0 Å². The molecule has 0 spiro atoms. The fourth-order valence-corrected chi connectivity index (χ4v) is 4.17. The van der Waals surface area contributed by atoms with E-state index >= 15 is 0 Å². The van der Waals surface area contributed by atoms with Crippen LogP contribution in [0.25, 0.3) is 5.70 Å². The number of hydrogen-bond donors (Lipinski definition) is 2. The van der Waals surface area contributed by atoms with Gasteiger partial charge in [-0.1, -0.05) is 17.0 Å². The Labute approximate surface area is 178 Å². The van der Waals surface area contributed by atoms with Crippen LogP contribution in [-0.2, 0) is 5.41 Å². The maximum atomic E-state index is 11.6. The minimum atomic E-state index is -0.534. The van der Waals surface area contributed by atoms with E-state index in [1.54, 1.807) is 34.4 Å². The van der Waals surface area contributed by atoms with Crippen LogP contribution in [-0.4, -0.2) is 38.0 Å². The topological polar surface area (TPSA) is 96.6 Å². The molecule has 1 aromatic heterocycles. The van der Waals surface area contributed by atoms with Crippen LogP contribution in [0.2, 0.25) is 0 Å². The number of nitrogens with one attached hydrogen (secondary N) is 1. The van der Waals surface area contributed by atoms with Gasteiger partial charge in [-0.25, -0.2) is 19.9 Å². The monoisotopic (exact) mass is 422 g/mol. The quantitative estimate of drug-likeness (QED) is 0.342. The Hall–Kier alpha value is -3.07. The third kappa shape index (κ3) is 3.00. The van der Waals surface area contributed by atoms with E-state index in [1.807, 2.05) is 36.1 Å². The zero-order valence-corrected chi connectivity index (χ0v) is 17.0. The van der Waals surface area contributed by atoms with Gasteiger partial charge in [0.2, 0.25) is 12.4 Å². The smallest absolute Gasteiger partial charge is 0.285 e. The molecular weight excluding hydrogens is 404 g/mol. The number of hydrogen-bond acceptors (Lipinski definition) is 7. The summed E-state index contributed by atoms with van der Waals surface area (Å²) in [5, 5.41) is 8.81. The second-order valence-electron chi connectivity index (χ2n) is 7.55. The van der Waals surface area contributed by atoms with Crippen molar-refractivity contribution < 1.29 is 10.0 Å². The van der Waals surface area contributed by atoms with E-state index in [-0.39, 0.29) is 5.41 Å². The molecule has 30 heavy (non-hydrogen) atoms. The van der Waals surface area contributed by atoms with Crippen molar-refractivity contribution in [3.63, 3.8) is 0 Å². The van der Waals surface area contributed by atoms with Gasteiger partial charge in [-0.05, 0) is 43.5 Å². The SMILES string of the molecule is CC1=C(c2ccnc(C3(c4ccc(C(=O)NO)cc4)CC3)n2)[N+]2CN(Cl)C=CC2=N1. The first kappa shape index (κ1) is 18.9. The number of carbonyl (C=O) groups is 1. The molecular formula is C21H19ClN6O2+. The van der Waals surface area contributed by atoms with Crippen molar-refractivity contribution in [3.05, 3.63) is 77.1 Å². The highest BCUT2D eigenvalue weighted by atomic mass is 35.5. The molecule has 3 aliphatic rings. The van der Waals surface area contributed by atoms with Crippen molar-refractivity contribution in [1.82, 2.24) is 24.8 Å². The molecule has 1 aliphatic carbocycles. The van der Waals surface area contributed by atoms with Gasteiger partial charge in [-0.3, -0.25) is 10.0 Å². The Morgan fingerprint density at radius 3 is 2.73 bits per heavy atom. The molecule has 1 saturated carbocycles. The summed E-state index contributed by atoms with van der Waals surface area (Å²) in [6.45, 7) is 2.45. The van der Waals surface area contributed by atoms with Crippen LogP contribution in [0.5, 0.6) is 0 Å². The lowest BCUT2D eigenvalue weighted by Gasteiger charge is -2.18. The lowest BCUT2D eigenvalue weighted by Crippen LogP contribution is -2.40. The summed E-state index contributed by atoms with van der Waals surface area (Å²) in [6.07, 6.45) is 7.31. The Kier molecular flexibility index (Phi) is 4.43.